The van der Waals surface area contributed by atoms with Crippen LogP contribution in [0.2, 0.25) is 0 Å². The number of nitrogens with zero attached hydrogens (tertiary/aromatic N) is 5. The third-order valence-electron chi connectivity index (χ3n) is 4.66. The van der Waals surface area contributed by atoms with Crippen LogP contribution in [0.25, 0.3) is 0 Å². The fourth-order valence-electron chi connectivity index (χ4n) is 3.30. The summed E-state index contributed by atoms with van der Waals surface area (Å²) in [6, 6.07) is 4.01. The van der Waals surface area contributed by atoms with Gasteiger partial charge in [0, 0.05) is 49.9 Å². The van der Waals surface area contributed by atoms with Gasteiger partial charge in [0.25, 0.3) is 5.91 Å². The molecule has 4 heterocycles. The quantitative estimate of drug-likeness (QED) is 0.909. The number of rotatable bonds is 3. The highest BCUT2D eigenvalue weighted by Crippen LogP contribution is 2.21. The largest absolute Gasteiger partial charge is 0.478 e. The van der Waals surface area contributed by atoms with Gasteiger partial charge in [-0.15, -0.1) is 0 Å². The highest BCUT2D eigenvalue weighted by Gasteiger charge is 2.26. The standard InChI is InChI=1S/C17H22N6O2/c1-12-9-15(19-11-18-12)20-13-3-6-22(7-4-13)17(24)14-10-16-23(21-14)5-2-8-25-16/h9-11,13H,2-8H2,1H3,(H,18,19,20). The van der Waals surface area contributed by atoms with E-state index in [-0.39, 0.29) is 5.91 Å². The molecule has 4 rings (SSSR count). The maximum Gasteiger partial charge on any atom is 0.274 e. The zero-order valence-corrected chi connectivity index (χ0v) is 14.3. The number of aromatic nitrogens is 4. The lowest BCUT2D eigenvalue weighted by molar-refractivity contribution is 0.0711. The van der Waals surface area contributed by atoms with Gasteiger partial charge in [0.2, 0.25) is 5.88 Å². The highest BCUT2D eigenvalue weighted by atomic mass is 16.5. The van der Waals surface area contributed by atoms with Crippen LogP contribution in [0.3, 0.4) is 0 Å². The predicted octanol–water partition coefficient (Wildman–Crippen LogP) is 1.48. The van der Waals surface area contributed by atoms with Crippen LogP contribution in [0.1, 0.15) is 35.4 Å². The van der Waals surface area contributed by atoms with Crippen LogP contribution in [-0.2, 0) is 6.54 Å². The molecule has 8 heteroatoms. The monoisotopic (exact) mass is 342 g/mol. The molecule has 8 nitrogen and oxygen atoms in total. The summed E-state index contributed by atoms with van der Waals surface area (Å²) < 4.78 is 7.32. The van der Waals surface area contributed by atoms with E-state index in [2.05, 4.69) is 20.4 Å². The lowest BCUT2D eigenvalue weighted by Gasteiger charge is -2.32. The van der Waals surface area contributed by atoms with Gasteiger partial charge < -0.3 is 15.0 Å². The molecule has 0 spiro atoms. The normalized spacial score (nSPS) is 17.7. The summed E-state index contributed by atoms with van der Waals surface area (Å²) in [6.45, 7) is 4.88. The van der Waals surface area contributed by atoms with E-state index in [0.717, 1.165) is 37.3 Å². The van der Waals surface area contributed by atoms with Gasteiger partial charge in [-0.1, -0.05) is 0 Å². The number of anilines is 1. The first-order chi connectivity index (χ1) is 12.2. The highest BCUT2D eigenvalue weighted by molar-refractivity contribution is 5.92. The second kappa shape index (κ2) is 6.70. The Bertz CT molecular complexity index is 743. The number of ether oxygens (including phenoxy) is 1. The number of amides is 1. The molecular weight excluding hydrogens is 320 g/mol. The first kappa shape index (κ1) is 15.9. The number of nitrogens with one attached hydrogen (secondary N) is 1. The molecule has 132 valence electrons. The maximum atomic E-state index is 12.7. The minimum atomic E-state index is -0.0122. The molecule has 25 heavy (non-hydrogen) atoms. The smallest absolute Gasteiger partial charge is 0.274 e. The summed E-state index contributed by atoms with van der Waals surface area (Å²) >= 11 is 0. The molecule has 1 N–H and O–H groups in total. The summed E-state index contributed by atoms with van der Waals surface area (Å²) in [5.74, 6) is 1.53. The predicted molar refractivity (Wildman–Crippen MR) is 91.7 cm³/mol. The van der Waals surface area contributed by atoms with Crippen molar-refractivity contribution in [2.24, 2.45) is 0 Å². The van der Waals surface area contributed by atoms with Crippen molar-refractivity contribution in [3.05, 3.63) is 29.8 Å². The molecule has 2 aromatic rings. The van der Waals surface area contributed by atoms with Crippen molar-refractivity contribution in [1.82, 2.24) is 24.6 Å². The summed E-state index contributed by atoms with van der Waals surface area (Å²) in [5.41, 5.74) is 1.42. The number of aryl methyl sites for hydroxylation is 2. The number of hydrogen-bond donors (Lipinski definition) is 1. The van der Waals surface area contributed by atoms with Gasteiger partial charge in [-0.05, 0) is 19.8 Å². The Kier molecular flexibility index (Phi) is 4.25. The van der Waals surface area contributed by atoms with Crippen molar-refractivity contribution in [3.63, 3.8) is 0 Å². The zero-order valence-electron chi connectivity index (χ0n) is 14.3. The second-order valence-electron chi connectivity index (χ2n) is 6.55. The van der Waals surface area contributed by atoms with Gasteiger partial charge in [-0.25, -0.2) is 14.6 Å². The van der Waals surface area contributed by atoms with Crippen LogP contribution >= 0.6 is 0 Å². The Balaban J connectivity index is 1.35. The summed E-state index contributed by atoms with van der Waals surface area (Å²) in [4.78, 5) is 22.9. The van der Waals surface area contributed by atoms with Crippen LogP contribution in [0.15, 0.2) is 18.5 Å². The zero-order chi connectivity index (χ0) is 17.2. The van der Waals surface area contributed by atoms with Crippen molar-refractivity contribution in [2.75, 3.05) is 25.0 Å². The molecule has 1 saturated heterocycles. The number of carbonyl (C=O) groups is 1. The van der Waals surface area contributed by atoms with Crippen molar-refractivity contribution in [1.29, 1.82) is 0 Å². The summed E-state index contributed by atoms with van der Waals surface area (Å²) in [6.07, 6.45) is 4.28. The molecule has 1 amide bonds. The maximum absolute atomic E-state index is 12.7. The molecule has 2 aromatic heterocycles. The lowest BCUT2D eigenvalue weighted by Crippen LogP contribution is -2.42. The van der Waals surface area contributed by atoms with E-state index in [9.17, 15) is 4.79 Å². The van der Waals surface area contributed by atoms with Crippen molar-refractivity contribution in [3.8, 4) is 5.88 Å². The van der Waals surface area contributed by atoms with Gasteiger partial charge in [0.15, 0.2) is 5.69 Å². The van der Waals surface area contributed by atoms with E-state index >= 15 is 0 Å². The SMILES string of the molecule is Cc1cc(NC2CCN(C(=O)c3cc4n(n3)CCCO4)CC2)ncn1. The molecule has 0 unspecified atom stereocenters. The first-order valence-electron chi connectivity index (χ1n) is 8.74. The van der Waals surface area contributed by atoms with Gasteiger partial charge >= 0.3 is 0 Å². The van der Waals surface area contributed by atoms with Crippen LogP contribution < -0.4 is 10.1 Å². The third-order valence-corrected chi connectivity index (χ3v) is 4.66. The minimum Gasteiger partial charge on any atom is -0.478 e. The van der Waals surface area contributed by atoms with E-state index in [1.54, 1.807) is 17.1 Å². The molecule has 0 aliphatic carbocycles. The first-order valence-corrected chi connectivity index (χ1v) is 8.74. The molecule has 0 aromatic carbocycles. The Morgan fingerprint density at radius 1 is 1.24 bits per heavy atom. The van der Waals surface area contributed by atoms with E-state index < -0.39 is 0 Å². The van der Waals surface area contributed by atoms with Crippen molar-refractivity contribution >= 4 is 11.7 Å². The Morgan fingerprint density at radius 3 is 2.84 bits per heavy atom. The fraction of sp³-hybridized carbons (Fsp3) is 0.529. The summed E-state index contributed by atoms with van der Waals surface area (Å²) in [5, 5.41) is 7.82. The van der Waals surface area contributed by atoms with Crippen LogP contribution in [0.4, 0.5) is 5.82 Å². The van der Waals surface area contributed by atoms with E-state index in [1.807, 2.05) is 17.9 Å². The Labute approximate surface area is 146 Å². The van der Waals surface area contributed by atoms with Crippen LogP contribution in [-0.4, -0.2) is 56.3 Å². The average molecular weight is 342 g/mol. The Hall–Kier alpha value is -2.64. The molecule has 0 atom stereocenters. The summed E-state index contributed by atoms with van der Waals surface area (Å²) in [7, 11) is 0. The van der Waals surface area contributed by atoms with Gasteiger partial charge in [-0.3, -0.25) is 4.79 Å². The lowest BCUT2D eigenvalue weighted by atomic mass is 10.0. The number of likely N-dealkylation sites (tertiary alicyclic amines) is 1. The topological polar surface area (TPSA) is 85.2 Å². The van der Waals surface area contributed by atoms with Crippen LogP contribution in [0, 0.1) is 6.92 Å². The molecular formula is C17H22N6O2. The van der Waals surface area contributed by atoms with Crippen molar-refractivity contribution < 1.29 is 9.53 Å². The fourth-order valence-corrected chi connectivity index (χ4v) is 3.30. The number of piperidine rings is 1. The van der Waals surface area contributed by atoms with E-state index in [1.165, 1.54) is 0 Å². The minimum absolute atomic E-state index is 0.0122. The molecule has 2 aliphatic heterocycles. The number of hydrogen-bond acceptors (Lipinski definition) is 6. The van der Waals surface area contributed by atoms with E-state index in [0.29, 0.717) is 37.3 Å². The average Bonchev–Trinajstić information content (AvgIpc) is 3.06. The molecule has 0 radical (unpaired) electrons. The van der Waals surface area contributed by atoms with Gasteiger partial charge in [0.1, 0.15) is 12.1 Å². The van der Waals surface area contributed by atoms with Crippen LogP contribution in [0.5, 0.6) is 5.88 Å². The third kappa shape index (κ3) is 3.42. The molecule has 1 fully saturated rings. The molecule has 0 saturated carbocycles. The second-order valence-corrected chi connectivity index (χ2v) is 6.55. The van der Waals surface area contributed by atoms with Gasteiger partial charge in [0.05, 0.1) is 6.61 Å². The van der Waals surface area contributed by atoms with E-state index in [4.69, 9.17) is 4.74 Å². The number of carbonyl (C=O) groups excluding carboxylic acids is 1. The molecule has 0 bridgehead atoms. The molecule has 2 aliphatic rings. The Morgan fingerprint density at radius 2 is 2.08 bits per heavy atom. The number of fused-ring (bicyclic) bond motifs is 1. The van der Waals surface area contributed by atoms with Crippen molar-refractivity contribution in [2.45, 2.75) is 38.8 Å². The van der Waals surface area contributed by atoms with Gasteiger partial charge in [-0.2, -0.15) is 5.10 Å².